The zero-order chi connectivity index (χ0) is 21.9. The molecular formula is C23H34N2O6. The summed E-state index contributed by atoms with van der Waals surface area (Å²) >= 11 is 0. The predicted molar refractivity (Wildman–Crippen MR) is 117 cm³/mol. The third-order valence-corrected chi connectivity index (χ3v) is 5.26. The summed E-state index contributed by atoms with van der Waals surface area (Å²) in [5, 5.41) is 2.67. The van der Waals surface area contributed by atoms with Gasteiger partial charge in [0.05, 0.1) is 14.2 Å². The number of hydrogen-bond donors (Lipinski definition) is 1. The van der Waals surface area contributed by atoms with Crippen LogP contribution in [0.1, 0.15) is 46.0 Å². The molecule has 2 saturated heterocycles. The van der Waals surface area contributed by atoms with Crippen molar-refractivity contribution < 1.29 is 28.7 Å². The monoisotopic (exact) mass is 434 g/mol. The Balaban J connectivity index is 0.000000324. The summed E-state index contributed by atoms with van der Waals surface area (Å²) in [6.07, 6.45) is 4.81. The number of carbonyl (C=O) groups is 4. The highest BCUT2D eigenvalue weighted by Gasteiger charge is 2.33. The van der Waals surface area contributed by atoms with Gasteiger partial charge in [0.1, 0.15) is 11.8 Å². The van der Waals surface area contributed by atoms with Gasteiger partial charge in [-0.2, -0.15) is 0 Å². The summed E-state index contributed by atoms with van der Waals surface area (Å²) in [6.45, 7) is 1.34. The number of rotatable bonds is 3. The molecule has 2 amide bonds. The topological polar surface area (TPSA) is 102 Å². The zero-order valence-electron chi connectivity index (χ0n) is 17.6. The fourth-order valence-corrected chi connectivity index (χ4v) is 3.57. The van der Waals surface area contributed by atoms with Crippen LogP contribution in [0.15, 0.2) is 30.3 Å². The van der Waals surface area contributed by atoms with Gasteiger partial charge in [0.15, 0.2) is 0 Å². The molecule has 8 heteroatoms. The Morgan fingerprint density at radius 2 is 1.48 bits per heavy atom. The highest BCUT2D eigenvalue weighted by molar-refractivity contribution is 6.06. The van der Waals surface area contributed by atoms with Gasteiger partial charge in [-0.05, 0) is 37.8 Å². The first-order chi connectivity index (χ1) is 14.5. The maximum absolute atomic E-state index is 12.4. The Kier molecular flexibility index (Phi) is 11.3. The van der Waals surface area contributed by atoms with Crippen molar-refractivity contribution in [2.24, 2.45) is 11.8 Å². The number of esters is 2. The van der Waals surface area contributed by atoms with Crippen LogP contribution in [0.2, 0.25) is 0 Å². The number of nitrogens with zero attached hydrogens (tertiary/aromatic N) is 1. The van der Waals surface area contributed by atoms with Gasteiger partial charge in [-0.3, -0.25) is 19.2 Å². The molecule has 2 unspecified atom stereocenters. The molecule has 0 radical (unpaired) electrons. The van der Waals surface area contributed by atoms with Gasteiger partial charge < -0.3 is 19.7 Å². The molecule has 0 saturated carbocycles. The normalized spacial score (nSPS) is 21.2. The third-order valence-electron chi connectivity index (χ3n) is 5.26. The van der Waals surface area contributed by atoms with Crippen LogP contribution < -0.4 is 10.2 Å². The van der Waals surface area contributed by atoms with E-state index in [1.165, 1.54) is 14.2 Å². The first kappa shape index (κ1) is 26.1. The maximum atomic E-state index is 12.4. The molecular weight excluding hydrogens is 400 g/mol. The van der Waals surface area contributed by atoms with E-state index in [9.17, 15) is 19.2 Å². The summed E-state index contributed by atoms with van der Waals surface area (Å²) in [5.41, 5.74) is 0.846. The molecule has 0 bridgehead atoms. The van der Waals surface area contributed by atoms with Crippen molar-refractivity contribution in [2.45, 2.75) is 46.0 Å². The highest BCUT2D eigenvalue weighted by Crippen LogP contribution is 2.24. The molecule has 1 aromatic rings. The van der Waals surface area contributed by atoms with Crippen LogP contribution in [-0.2, 0) is 28.7 Å². The highest BCUT2D eigenvalue weighted by atomic mass is 16.5. The third kappa shape index (κ3) is 7.38. The lowest BCUT2D eigenvalue weighted by molar-refractivity contribution is -0.151. The SMILES string of the molecule is C.COC(=O)C1CCCCN(c2ccccc2)C1=O.COC(=O)C1CCCCNC1=O. The standard InChI is InChI=1S/C14H17NO3.C8H13NO3.CH4/c1-18-14(17)12-9-5-6-10-15(13(12)16)11-7-3-2-4-8-11;1-12-8(11)6-4-2-3-5-9-7(6)10;/h2-4,7-8,12H,5-6,9-10H2,1H3;6H,2-5H2,1H3,(H,9,10);1H4. The average Bonchev–Trinajstić information content (AvgIpc) is 3.11. The summed E-state index contributed by atoms with van der Waals surface area (Å²) in [4.78, 5) is 47.9. The van der Waals surface area contributed by atoms with Crippen LogP contribution in [-0.4, -0.2) is 51.1 Å². The first-order valence-electron chi connectivity index (χ1n) is 10.3. The molecule has 1 N–H and O–H groups in total. The smallest absolute Gasteiger partial charge is 0.318 e. The molecule has 2 fully saturated rings. The lowest BCUT2D eigenvalue weighted by atomic mass is 10.0. The van der Waals surface area contributed by atoms with Crippen LogP contribution in [0.3, 0.4) is 0 Å². The fraction of sp³-hybridized carbons (Fsp3) is 0.565. The molecule has 3 rings (SSSR count). The number of hydrogen-bond acceptors (Lipinski definition) is 6. The first-order valence-corrected chi connectivity index (χ1v) is 10.3. The minimum Gasteiger partial charge on any atom is -0.468 e. The maximum Gasteiger partial charge on any atom is 0.318 e. The molecule has 172 valence electrons. The van der Waals surface area contributed by atoms with E-state index in [-0.39, 0.29) is 19.2 Å². The van der Waals surface area contributed by atoms with Crippen LogP contribution >= 0.6 is 0 Å². The van der Waals surface area contributed by atoms with E-state index < -0.39 is 23.8 Å². The summed E-state index contributed by atoms with van der Waals surface area (Å²) in [7, 11) is 2.63. The lowest BCUT2D eigenvalue weighted by Crippen LogP contribution is -2.38. The minimum absolute atomic E-state index is 0. The fourth-order valence-electron chi connectivity index (χ4n) is 3.57. The molecule has 0 spiro atoms. The van der Waals surface area contributed by atoms with E-state index in [1.54, 1.807) is 4.90 Å². The van der Waals surface area contributed by atoms with E-state index >= 15 is 0 Å². The van der Waals surface area contributed by atoms with E-state index in [0.29, 0.717) is 25.9 Å². The van der Waals surface area contributed by atoms with E-state index in [0.717, 1.165) is 31.4 Å². The van der Waals surface area contributed by atoms with Gasteiger partial charge in [0.25, 0.3) is 0 Å². The van der Waals surface area contributed by atoms with Gasteiger partial charge >= 0.3 is 11.9 Å². The van der Waals surface area contributed by atoms with Crippen LogP contribution in [0.5, 0.6) is 0 Å². The van der Waals surface area contributed by atoms with Crippen molar-refractivity contribution in [2.75, 3.05) is 32.2 Å². The van der Waals surface area contributed by atoms with Crippen molar-refractivity contribution in [3.05, 3.63) is 30.3 Å². The number of anilines is 1. The number of carbonyl (C=O) groups excluding carboxylic acids is 4. The summed E-state index contributed by atoms with van der Waals surface area (Å²) in [6, 6.07) is 9.46. The van der Waals surface area contributed by atoms with Gasteiger partial charge in [-0.15, -0.1) is 0 Å². The molecule has 0 aliphatic carbocycles. The molecule has 2 aliphatic rings. The molecule has 2 heterocycles. The molecule has 8 nitrogen and oxygen atoms in total. The van der Waals surface area contributed by atoms with E-state index in [4.69, 9.17) is 4.74 Å². The van der Waals surface area contributed by atoms with E-state index in [1.807, 2.05) is 30.3 Å². The predicted octanol–water partition coefficient (Wildman–Crippen LogP) is 2.70. The van der Waals surface area contributed by atoms with Crippen molar-refractivity contribution in [3.8, 4) is 0 Å². The second-order valence-electron chi connectivity index (χ2n) is 7.26. The Morgan fingerprint density at radius 3 is 2.13 bits per heavy atom. The zero-order valence-corrected chi connectivity index (χ0v) is 17.6. The Labute approximate surface area is 184 Å². The number of para-hydroxylation sites is 1. The molecule has 31 heavy (non-hydrogen) atoms. The number of methoxy groups -OCH3 is 2. The van der Waals surface area contributed by atoms with Crippen LogP contribution in [0.4, 0.5) is 5.69 Å². The average molecular weight is 435 g/mol. The van der Waals surface area contributed by atoms with Crippen molar-refractivity contribution in [1.29, 1.82) is 0 Å². The van der Waals surface area contributed by atoms with Crippen molar-refractivity contribution >= 4 is 29.4 Å². The van der Waals surface area contributed by atoms with Gasteiger partial charge in [-0.1, -0.05) is 38.5 Å². The van der Waals surface area contributed by atoms with E-state index in [2.05, 4.69) is 10.1 Å². The van der Waals surface area contributed by atoms with Gasteiger partial charge in [-0.25, -0.2) is 0 Å². The molecule has 2 atom stereocenters. The Bertz CT molecular complexity index is 737. The number of ether oxygens (including phenoxy) is 2. The Hall–Kier alpha value is -2.90. The quantitative estimate of drug-likeness (QED) is 0.580. The lowest BCUT2D eigenvalue weighted by Gasteiger charge is -2.23. The number of nitrogens with one attached hydrogen (secondary N) is 1. The number of amides is 2. The summed E-state index contributed by atoms with van der Waals surface area (Å²) in [5.74, 6) is -2.43. The van der Waals surface area contributed by atoms with Gasteiger partial charge in [0, 0.05) is 18.8 Å². The molecule has 2 aliphatic heterocycles. The molecule has 0 aromatic heterocycles. The molecule has 1 aromatic carbocycles. The van der Waals surface area contributed by atoms with Crippen LogP contribution in [0, 0.1) is 11.8 Å². The second kappa shape index (κ2) is 13.4. The number of benzene rings is 1. The Morgan fingerprint density at radius 1 is 0.903 bits per heavy atom. The van der Waals surface area contributed by atoms with Crippen molar-refractivity contribution in [1.82, 2.24) is 5.32 Å². The van der Waals surface area contributed by atoms with Crippen LogP contribution in [0.25, 0.3) is 0 Å². The van der Waals surface area contributed by atoms with Gasteiger partial charge in [0.2, 0.25) is 11.8 Å². The van der Waals surface area contributed by atoms with Crippen molar-refractivity contribution in [3.63, 3.8) is 0 Å². The largest absolute Gasteiger partial charge is 0.468 e. The second-order valence-corrected chi connectivity index (χ2v) is 7.26. The summed E-state index contributed by atoms with van der Waals surface area (Å²) < 4.78 is 9.23. The minimum atomic E-state index is -0.655.